The summed E-state index contributed by atoms with van der Waals surface area (Å²) < 4.78 is 5.86. The average Bonchev–Trinajstić information content (AvgIpc) is 2.92. The van der Waals surface area contributed by atoms with Crippen molar-refractivity contribution in [2.45, 2.75) is 32.1 Å². The number of amides is 1. The number of nitrogens with zero attached hydrogens (tertiary/aromatic N) is 2. The van der Waals surface area contributed by atoms with Crippen molar-refractivity contribution in [1.29, 1.82) is 0 Å². The summed E-state index contributed by atoms with van der Waals surface area (Å²) in [6.07, 6.45) is 3.30. The van der Waals surface area contributed by atoms with Crippen LogP contribution in [-0.2, 0) is 0 Å². The highest BCUT2D eigenvalue weighted by atomic mass is 16.3. The Labute approximate surface area is 124 Å². The van der Waals surface area contributed by atoms with E-state index in [2.05, 4.69) is 16.8 Å². The number of benzene rings is 1. The molecule has 5 heteroatoms. The van der Waals surface area contributed by atoms with Crippen LogP contribution >= 0.6 is 0 Å². The molecule has 0 aliphatic carbocycles. The van der Waals surface area contributed by atoms with Crippen molar-refractivity contribution in [2.75, 3.05) is 19.6 Å². The first-order chi connectivity index (χ1) is 10.2. The van der Waals surface area contributed by atoms with Crippen molar-refractivity contribution in [3.8, 4) is 0 Å². The lowest BCUT2D eigenvalue weighted by molar-refractivity contribution is 0.100. The molecule has 3 rings (SSSR count). The third-order valence-corrected chi connectivity index (χ3v) is 4.17. The number of fused-ring (bicyclic) bond motifs is 1. The molecule has 5 nitrogen and oxygen atoms in total. The van der Waals surface area contributed by atoms with Gasteiger partial charge < -0.3 is 15.1 Å². The zero-order chi connectivity index (χ0) is 14.8. The molecular weight excluding hydrogens is 266 g/mol. The Morgan fingerprint density at radius 3 is 2.86 bits per heavy atom. The Morgan fingerprint density at radius 1 is 1.43 bits per heavy atom. The summed E-state index contributed by atoms with van der Waals surface area (Å²) in [6.45, 7) is 5.53. The lowest BCUT2D eigenvalue weighted by Gasteiger charge is -2.30. The average molecular weight is 287 g/mol. The quantitative estimate of drug-likeness (QED) is 0.937. The van der Waals surface area contributed by atoms with Gasteiger partial charge in [0.25, 0.3) is 5.91 Å². The monoisotopic (exact) mass is 287 g/mol. The Bertz CT molecular complexity index is 642. The van der Waals surface area contributed by atoms with Crippen molar-refractivity contribution in [1.82, 2.24) is 9.88 Å². The van der Waals surface area contributed by atoms with Crippen LogP contribution in [0.5, 0.6) is 0 Å². The molecule has 0 bridgehead atoms. The third kappa shape index (κ3) is 2.78. The minimum atomic E-state index is -0.471. The molecule has 0 unspecified atom stereocenters. The molecule has 1 aromatic carbocycles. The highest BCUT2D eigenvalue weighted by molar-refractivity contribution is 6.03. The number of likely N-dealkylation sites (tertiary alicyclic amines) is 1. The SMILES string of the molecule is CCCN1CCC(c2nc3cccc(C(N)=O)c3o2)CC1. The van der Waals surface area contributed by atoms with Crippen LogP contribution in [-0.4, -0.2) is 35.4 Å². The van der Waals surface area contributed by atoms with Gasteiger partial charge in [0.15, 0.2) is 11.5 Å². The number of hydrogen-bond donors (Lipinski definition) is 1. The van der Waals surface area contributed by atoms with E-state index >= 15 is 0 Å². The molecule has 0 atom stereocenters. The minimum absolute atomic E-state index is 0.339. The summed E-state index contributed by atoms with van der Waals surface area (Å²) in [4.78, 5) is 18.5. The molecule has 1 aliphatic rings. The Morgan fingerprint density at radius 2 is 2.19 bits per heavy atom. The second-order valence-corrected chi connectivity index (χ2v) is 5.69. The Balaban J connectivity index is 1.82. The fraction of sp³-hybridized carbons (Fsp3) is 0.500. The van der Waals surface area contributed by atoms with Crippen LogP contribution in [0.2, 0.25) is 0 Å². The zero-order valence-electron chi connectivity index (χ0n) is 12.3. The predicted molar refractivity (Wildman–Crippen MR) is 81.2 cm³/mol. The lowest BCUT2D eigenvalue weighted by Crippen LogP contribution is -2.33. The van der Waals surface area contributed by atoms with Crippen LogP contribution in [0, 0.1) is 0 Å². The molecule has 1 aliphatic heterocycles. The number of carbonyl (C=O) groups is 1. The zero-order valence-corrected chi connectivity index (χ0v) is 12.3. The van der Waals surface area contributed by atoms with Gasteiger partial charge in [-0.3, -0.25) is 4.79 Å². The second-order valence-electron chi connectivity index (χ2n) is 5.69. The van der Waals surface area contributed by atoms with Gasteiger partial charge in [0.1, 0.15) is 5.52 Å². The predicted octanol–water partition coefficient (Wildman–Crippen LogP) is 2.52. The van der Waals surface area contributed by atoms with Gasteiger partial charge in [-0.1, -0.05) is 13.0 Å². The van der Waals surface area contributed by atoms with Crippen LogP contribution < -0.4 is 5.73 Å². The highest BCUT2D eigenvalue weighted by Gasteiger charge is 2.25. The summed E-state index contributed by atoms with van der Waals surface area (Å²) in [5, 5.41) is 0. The molecule has 0 saturated carbocycles. The number of hydrogen-bond acceptors (Lipinski definition) is 4. The number of oxazole rings is 1. The van der Waals surface area contributed by atoms with Crippen molar-refractivity contribution in [2.24, 2.45) is 5.73 Å². The molecule has 112 valence electrons. The molecule has 1 aromatic heterocycles. The largest absolute Gasteiger partial charge is 0.440 e. The van der Waals surface area contributed by atoms with Gasteiger partial charge in [-0.2, -0.15) is 0 Å². The summed E-state index contributed by atoms with van der Waals surface area (Å²) in [5.41, 5.74) is 7.04. The fourth-order valence-corrected chi connectivity index (χ4v) is 3.05. The molecule has 2 heterocycles. The number of nitrogens with two attached hydrogens (primary N) is 1. The first-order valence-corrected chi connectivity index (χ1v) is 7.60. The molecular formula is C16H21N3O2. The maximum Gasteiger partial charge on any atom is 0.252 e. The molecule has 1 amide bonds. The molecule has 0 radical (unpaired) electrons. The van der Waals surface area contributed by atoms with Gasteiger partial charge in [-0.15, -0.1) is 0 Å². The Hall–Kier alpha value is -1.88. The summed E-state index contributed by atoms with van der Waals surface area (Å²) in [5.74, 6) is 0.613. The van der Waals surface area contributed by atoms with Crippen molar-refractivity contribution in [3.05, 3.63) is 29.7 Å². The van der Waals surface area contributed by atoms with Crippen molar-refractivity contribution >= 4 is 17.0 Å². The number of para-hydroxylation sites is 1. The minimum Gasteiger partial charge on any atom is -0.440 e. The van der Waals surface area contributed by atoms with Crippen molar-refractivity contribution < 1.29 is 9.21 Å². The molecule has 1 fully saturated rings. The third-order valence-electron chi connectivity index (χ3n) is 4.17. The van der Waals surface area contributed by atoms with Crippen LogP contribution in [0.1, 0.15) is 48.4 Å². The molecule has 2 N–H and O–H groups in total. The van der Waals surface area contributed by atoms with Crippen LogP contribution in [0.3, 0.4) is 0 Å². The van der Waals surface area contributed by atoms with E-state index in [-0.39, 0.29) is 0 Å². The van der Waals surface area contributed by atoms with Crippen LogP contribution in [0.4, 0.5) is 0 Å². The van der Waals surface area contributed by atoms with Crippen molar-refractivity contribution in [3.63, 3.8) is 0 Å². The highest BCUT2D eigenvalue weighted by Crippen LogP contribution is 2.31. The lowest BCUT2D eigenvalue weighted by atomic mass is 9.97. The molecule has 21 heavy (non-hydrogen) atoms. The van der Waals surface area contributed by atoms with E-state index in [9.17, 15) is 4.79 Å². The van der Waals surface area contributed by atoms with Gasteiger partial charge >= 0.3 is 0 Å². The number of primary amides is 1. The number of aromatic nitrogens is 1. The van der Waals surface area contributed by atoms with E-state index in [1.807, 2.05) is 6.07 Å². The van der Waals surface area contributed by atoms with E-state index < -0.39 is 5.91 Å². The number of rotatable bonds is 4. The molecule has 2 aromatic rings. The summed E-state index contributed by atoms with van der Waals surface area (Å²) in [7, 11) is 0. The van der Waals surface area contributed by atoms with E-state index in [0.29, 0.717) is 17.1 Å². The first-order valence-electron chi connectivity index (χ1n) is 7.60. The summed E-state index contributed by atoms with van der Waals surface area (Å²) >= 11 is 0. The van der Waals surface area contributed by atoms with Gasteiger partial charge in [-0.05, 0) is 51.0 Å². The smallest absolute Gasteiger partial charge is 0.252 e. The van der Waals surface area contributed by atoms with Crippen LogP contribution in [0.25, 0.3) is 11.1 Å². The number of piperidine rings is 1. The maximum atomic E-state index is 11.4. The Kier molecular flexibility index (Phi) is 3.92. The normalized spacial score (nSPS) is 17.4. The number of carbonyl (C=O) groups excluding carboxylic acids is 1. The van der Waals surface area contributed by atoms with E-state index in [0.717, 1.165) is 43.9 Å². The summed E-state index contributed by atoms with van der Waals surface area (Å²) in [6, 6.07) is 5.34. The van der Waals surface area contributed by atoms with E-state index in [4.69, 9.17) is 10.2 Å². The van der Waals surface area contributed by atoms with Gasteiger partial charge in [-0.25, -0.2) is 4.98 Å². The van der Waals surface area contributed by atoms with E-state index in [1.165, 1.54) is 6.42 Å². The molecule has 1 saturated heterocycles. The van der Waals surface area contributed by atoms with E-state index in [1.54, 1.807) is 12.1 Å². The standard InChI is InChI=1S/C16H21N3O2/c1-2-8-19-9-6-11(7-10-19)16-18-13-5-3-4-12(15(17)20)14(13)21-16/h3-5,11H,2,6-10H2,1H3,(H2,17,20). The van der Waals surface area contributed by atoms with Gasteiger partial charge in [0.2, 0.25) is 0 Å². The van der Waals surface area contributed by atoms with Gasteiger partial charge in [0, 0.05) is 5.92 Å². The molecule has 0 spiro atoms. The fourth-order valence-electron chi connectivity index (χ4n) is 3.05. The van der Waals surface area contributed by atoms with Crippen LogP contribution in [0.15, 0.2) is 22.6 Å². The maximum absolute atomic E-state index is 11.4. The second kappa shape index (κ2) is 5.85. The first kappa shape index (κ1) is 14.1. The van der Waals surface area contributed by atoms with Gasteiger partial charge in [0.05, 0.1) is 5.56 Å². The topological polar surface area (TPSA) is 72.4 Å².